The van der Waals surface area contributed by atoms with E-state index in [1.165, 1.54) is 18.2 Å². The zero-order valence-electron chi connectivity index (χ0n) is 11.8. The van der Waals surface area contributed by atoms with Crippen molar-refractivity contribution in [3.05, 3.63) is 42.5 Å². The average Bonchev–Trinajstić information content (AvgIpc) is 2.98. The van der Waals surface area contributed by atoms with Crippen molar-refractivity contribution in [2.75, 3.05) is 6.54 Å². The predicted molar refractivity (Wildman–Crippen MR) is 81.5 cm³/mol. The van der Waals surface area contributed by atoms with Crippen LogP contribution in [-0.2, 0) is 10.0 Å². The number of sulfonamides is 1. The molecular weight excluding hydrogens is 288 g/mol. The average molecular weight is 308 g/mol. The Morgan fingerprint density at radius 2 is 2.05 bits per heavy atom. The summed E-state index contributed by atoms with van der Waals surface area (Å²) in [5.41, 5.74) is 0.364. The monoisotopic (exact) mass is 308 g/mol. The molecular formula is C15H20N2O3S. The zero-order valence-corrected chi connectivity index (χ0v) is 12.7. The molecule has 2 rings (SSSR count). The van der Waals surface area contributed by atoms with Crippen LogP contribution in [0.15, 0.2) is 41.8 Å². The quantitative estimate of drug-likeness (QED) is 0.787. The van der Waals surface area contributed by atoms with Crippen LogP contribution in [0.5, 0.6) is 0 Å². The second-order valence-corrected chi connectivity index (χ2v) is 6.89. The molecule has 0 aromatic heterocycles. The Labute approximate surface area is 125 Å². The van der Waals surface area contributed by atoms with E-state index in [1.54, 1.807) is 12.1 Å². The van der Waals surface area contributed by atoms with Crippen LogP contribution < -0.4 is 10.0 Å². The molecule has 0 aliphatic heterocycles. The van der Waals surface area contributed by atoms with Gasteiger partial charge in [0, 0.05) is 18.2 Å². The summed E-state index contributed by atoms with van der Waals surface area (Å²) in [6, 6.07) is 6.27. The molecule has 0 bridgehead atoms. The molecule has 0 saturated heterocycles. The normalized spacial score (nSPS) is 15.8. The van der Waals surface area contributed by atoms with E-state index in [0.29, 0.717) is 5.56 Å². The second-order valence-electron chi connectivity index (χ2n) is 5.12. The summed E-state index contributed by atoms with van der Waals surface area (Å²) in [4.78, 5) is 12.2. The molecule has 2 N–H and O–H groups in total. The highest BCUT2D eigenvalue weighted by atomic mass is 32.2. The first kappa shape index (κ1) is 15.7. The van der Waals surface area contributed by atoms with Crippen molar-refractivity contribution in [3.63, 3.8) is 0 Å². The standard InChI is InChI=1S/C15H20N2O3S/c1-2-10-16-21(19,20)14-9-5-6-12(11-14)15(18)17-13-7-3-4-8-13/h2,5-6,9,11,13,16H,1,3-4,7-8,10H2,(H,17,18). The van der Waals surface area contributed by atoms with E-state index in [4.69, 9.17) is 0 Å². The van der Waals surface area contributed by atoms with Crippen molar-refractivity contribution in [2.45, 2.75) is 36.6 Å². The maximum absolute atomic E-state index is 12.2. The summed E-state index contributed by atoms with van der Waals surface area (Å²) in [5, 5.41) is 2.95. The first-order valence-electron chi connectivity index (χ1n) is 7.04. The highest BCUT2D eigenvalue weighted by Crippen LogP contribution is 2.18. The maximum Gasteiger partial charge on any atom is 0.251 e. The highest BCUT2D eigenvalue weighted by Gasteiger charge is 2.19. The number of hydrogen-bond acceptors (Lipinski definition) is 3. The van der Waals surface area contributed by atoms with Crippen LogP contribution in [0, 0.1) is 0 Å². The van der Waals surface area contributed by atoms with Crippen LogP contribution in [-0.4, -0.2) is 26.9 Å². The third kappa shape index (κ3) is 4.15. The van der Waals surface area contributed by atoms with Crippen molar-refractivity contribution in [1.29, 1.82) is 0 Å². The fourth-order valence-electron chi connectivity index (χ4n) is 2.40. The minimum absolute atomic E-state index is 0.0865. The summed E-state index contributed by atoms with van der Waals surface area (Å²) in [6.07, 6.45) is 5.71. The molecule has 0 unspecified atom stereocenters. The van der Waals surface area contributed by atoms with Gasteiger partial charge in [0.25, 0.3) is 5.91 Å². The lowest BCUT2D eigenvalue weighted by Gasteiger charge is -2.12. The summed E-state index contributed by atoms with van der Waals surface area (Å²) in [6.45, 7) is 3.62. The van der Waals surface area contributed by atoms with E-state index >= 15 is 0 Å². The van der Waals surface area contributed by atoms with Gasteiger partial charge >= 0.3 is 0 Å². The minimum atomic E-state index is -3.61. The second kappa shape index (κ2) is 6.87. The number of rotatable bonds is 6. The van der Waals surface area contributed by atoms with Gasteiger partial charge in [0.1, 0.15) is 0 Å². The number of hydrogen-bond donors (Lipinski definition) is 2. The molecule has 0 radical (unpaired) electrons. The molecule has 1 amide bonds. The molecule has 6 heteroatoms. The Hall–Kier alpha value is -1.66. The molecule has 0 heterocycles. The van der Waals surface area contributed by atoms with Crippen LogP contribution in [0.1, 0.15) is 36.0 Å². The largest absolute Gasteiger partial charge is 0.349 e. The Bertz CT molecular complexity index is 620. The first-order chi connectivity index (χ1) is 10.0. The SMILES string of the molecule is C=CCNS(=O)(=O)c1cccc(C(=O)NC2CCCC2)c1. The zero-order chi connectivity index (χ0) is 15.3. The third-order valence-corrected chi connectivity index (χ3v) is 4.94. The maximum atomic E-state index is 12.2. The summed E-state index contributed by atoms with van der Waals surface area (Å²) < 4.78 is 26.4. The van der Waals surface area contributed by atoms with E-state index < -0.39 is 10.0 Å². The van der Waals surface area contributed by atoms with E-state index in [9.17, 15) is 13.2 Å². The van der Waals surface area contributed by atoms with E-state index in [0.717, 1.165) is 25.7 Å². The Morgan fingerprint density at radius 1 is 1.33 bits per heavy atom. The van der Waals surface area contributed by atoms with Crippen LogP contribution in [0.3, 0.4) is 0 Å². The van der Waals surface area contributed by atoms with Gasteiger partial charge in [-0.25, -0.2) is 13.1 Å². The van der Waals surface area contributed by atoms with Crippen LogP contribution >= 0.6 is 0 Å². The number of benzene rings is 1. The van der Waals surface area contributed by atoms with Gasteiger partial charge in [0.15, 0.2) is 0 Å². The molecule has 1 aliphatic carbocycles. The topological polar surface area (TPSA) is 75.3 Å². The van der Waals surface area contributed by atoms with Gasteiger partial charge in [0.2, 0.25) is 10.0 Å². The third-order valence-electron chi connectivity index (χ3n) is 3.51. The molecule has 0 atom stereocenters. The minimum Gasteiger partial charge on any atom is -0.349 e. The van der Waals surface area contributed by atoms with Crippen molar-refractivity contribution >= 4 is 15.9 Å². The Morgan fingerprint density at radius 3 is 2.71 bits per heavy atom. The van der Waals surface area contributed by atoms with Crippen molar-refractivity contribution < 1.29 is 13.2 Å². The molecule has 1 aromatic rings. The van der Waals surface area contributed by atoms with Gasteiger partial charge in [0.05, 0.1) is 4.90 Å². The molecule has 0 spiro atoms. The molecule has 1 aromatic carbocycles. The lowest BCUT2D eigenvalue weighted by Crippen LogP contribution is -2.32. The Balaban J connectivity index is 2.13. The van der Waals surface area contributed by atoms with Gasteiger partial charge in [-0.15, -0.1) is 6.58 Å². The van der Waals surface area contributed by atoms with Crippen LogP contribution in [0.25, 0.3) is 0 Å². The van der Waals surface area contributed by atoms with Crippen molar-refractivity contribution in [3.8, 4) is 0 Å². The van der Waals surface area contributed by atoms with E-state index in [-0.39, 0.29) is 23.4 Å². The van der Waals surface area contributed by atoms with Gasteiger partial charge in [-0.1, -0.05) is 25.0 Å². The van der Waals surface area contributed by atoms with E-state index in [1.807, 2.05) is 0 Å². The summed E-state index contributed by atoms with van der Waals surface area (Å²) in [7, 11) is -3.61. The van der Waals surface area contributed by atoms with Crippen LogP contribution in [0.4, 0.5) is 0 Å². The number of nitrogens with one attached hydrogen (secondary N) is 2. The molecule has 1 aliphatic rings. The molecule has 21 heavy (non-hydrogen) atoms. The van der Waals surface area contributed by atoms with Crippen molar-refractivity contribution in [2.24, 2.45) is 0 Å². The first-order valence-corrected chi connectivity index (χ1v) is 8.53. The smallest absolute Gasteiger partial charge is 0.251 e. The van der Waals surface area contributed by atoms with Gasteiger partial charge in [-0.3, -0.25) is 4.79 Å². The lowest BCUT2D eigenvalue weighted by atomic mass is 10.2. The number of carbonyl (C=O) groups excluding carboxylic acids is 1. The molecule has 114 valence electrons. The number of amides is 1. The number of carbonyl (C=O) groups is 1. The van der Waals surface area contributed by atoms with Crippen molar-refractivity contribution in [1.82, 2.24) is 10.0 Å². The lowest BCUT2D eigenvalue weighted by molar-refractivity contribution is 0.0937. The molecule has 5 nitrogen and oxygen atoms in total. The molecule has 1 fully saturated rings. The van der Waals surface area contributed by atoms with Gasteiger partial charge in [-0.05, 0) is 31.0 Å². The molecule has 1 saturated carbocycles. The fourth-order valence-corrected chi connectivity index (χ4v) is 3.44. The van der Waals surface area contributed by atoms with Gasteiger partial charge in [-0.2, -0.15) is 0 Å². The fraction of sp³-hybridized carbons (Fsp3) is 0.400. The Kier molecular flexibility index (Phi) is 5.14. The summed E-state index contributed by atoms with van der Waals surface area (Å²) in [5.74, 6) is -0.220. The van der Waals surface area contributed by atoms with Gasteiger partial charge < -0.3 is 5.32 Å². The predicted octanol–water partition coefficient (Wildman–Crippen LogP) is 1.82. The summed E-state index contributed by atoms with van der Waals surface area (Å²) >= 11 is 0. The van der Waals surface area contributed by atoms with Crippen LogP contribution in [0.2, 0.25) is 0 Å². The highest BCUT2D eigenvalue weighted by molar-refractivity contribution is 7.89. The van der Waals surface area contributed by atoms with E-state index in [2.05, 4.69) is 16.6 Å².